The SMILES string of the molecule is COC(=O)c1ccc(CSc2cc(C(F)(F)F)c3cc4c(cc3n2)OCO4)cc1. The molecule has 0 spiro atoms. The third-order valence-corrected chi connectivity index (χ3v) is 5.33. The maximum Gasteiger partial charge on any atom is 0.417 e. The number of rotatable bonds is 4. The zero-order chi connectivity index (χ0) is 20.6. The fourth-order valence-electron chi connectivity index (χ4n) is 2.91. The largest absolute Gasteiger partial charge is 0.465 e. The number of benzene rings is 2. The lowest BCUT2D eigenvalue weighted by molar-refractivity contribution is -0.136. The van der Waals surface area contributed by atoms with Gasteiger partial charge < -0.3 is 14.2 Å². The Morgan fingerprint density at radius 2 is 1.83 bits per heavy atom. The van der Waals surface area contributed by atoms with Gasteiger partial charge in [-0.3, -0.25) is 0 Å². The van der Waals surface area contributed by atoms with Gasteiger partial charge in [0.05, 0.1) is 28.8 Å². The maximum absolute atomic E-state index is 13.6. The Hall–Kier alpha value is -2.94. The molecule has 9 heteroatoms. The number of fused-ring (bicyclic) bond motifs is 2. The van der Waals surface area contributed by atoms with Crippen LogP contribution in [0.5, 0.6) is 11.5 Å². The highest BCUT2D eigenvalue weighted by Crippen LogP contribution is 2.42. The molecule has 1 aliphatic heterocycles. The minimum Gasteiger partial charge on any atom is -0.465 e. The van der Waals surface area contributed by atoms with Crippen molar-refractivity contribution in [3.05, 3.63) is 59.2 Å². The molecule has 0 fully saturated rings. The van der Waals surface area contributed by atoms with Crippen LogP contribution in [0.3, 0.4) is 0 Å². The fraction of sp³-hybridized carbons (Fsp3) is 0.200. The summed E-state index contributed by atoms with van der Waals surface area (Å²) >= 11 is 1.17. The zero-order valence-electron chi connectivity index (χ0n) is 15.1. The molecule has 0 saturated heterocycles. The lowest BCUT2D eigenvalue weighted by Gasteiger charge is -2.13. The van der Waals surface area contributed by atoms with Crippen molar-refractivity contribution in [2.45, 2.75) is 17.0 Å². The first-order valence-electron chi connectivity index (χ1n) is 8.47. The van der Waals surface area contributed by atoms with Crippen molar-refractivity contribution in [3.8, 4) is 11.5 Å². The van der Waals surface area contributed by atoms with Crippen LogP contribution in [0.15, 0.2) is 47.5 Å². The van der Waals surface area contributed by atoms with Crippen molar-refractivity contribution in [2.24, 2.45) is 0 Å². The predicted molar refractivity (Wildman–Crippen MR) is 100 cm³/mol. The van der Waals surface area contributed by atoms with Gasteiger partial charge in [0.25, 0.3) is 0 Å². The van der Waals surface area contributed by atoms with Crippen LogP contribution < -0.4 is 9.47 Å². The van der Waals surface area contributed by atoms with Crippen molar-refractivity contribution in [3.63, 3.8) is 0 Å². The summed E-state index contributed by atoms with van der Waals surface area (Å²) in [6.45, 7) is -0.0316. The average Bonchev–Trinajstić information content (AvgIpc) is 3.16. The molecule has 150 valence electrons. The monoisotopic (exact) mass is 421 g/mol. The van der Waals surface area contributed by atoms with E-state index in [4.69, 9.17) is 9.47 Å². The standard InChI is InChI=1S/C20H14F3NO4S/c1-26-19(25)12-4-2-11(3-5-12)9-29-18-7-14(20(21,22)23)13-6-16-17(28-10-27-16)8-15(13)24-18/h2-8H,9-10H2,1H3. The molecule has 5 nitrogen and oxygen atoms in total. The normalized spacial score (nSPS) is 13.0. The molecule has 1 aliphatic rings. The number of pyridine rings is 1. The summed E-state index contributed by atoms with van der Waals surface area (Å²) in [5.41, 5.74) is 0.654. The maximum atomic E-state index is 13.6. The predicted octanol–water partition coefficient (Wildman–Crippen LogP) is 5.06. The fourth-order valence-corrected chi connectivity index (χ4v) is 3.78. The van der Waals surface area contributed by atoms with Crippen molar-refractivity contribution < 1.29 is 32.2 Å². The molecule has 4 rings (SSSR count). The Bertz CT molecular complexity index is 1080. The van der Waals surface area contributed by atoms with E-state index in [-0.39, 0.29) is 28.5 Å². The van der Waals surface area contributed by atoms with Gasteiger partial charge >= 0.3 is 12.1 Å². The first-order chi connectivity index (χ1) is 13.8. The molecule has 0 unspecified atom stereocenters. The number of esters is 1. The van der Waals surface area contributed by atoms with E-state index in [1.807, 2.05) is 0 Å². The van der Waals surface area contributed by atoms with E-state index >= 15 is 0 Å². The van der Waals surface area contributed by atoms with Crippen molar-refractivity contribution >= 4 is 28.6 Å². The van der Waals surface area contributed by atoms with Gasteiger partial charge in [0.15, 0.2) is 11.5 Å². The molecule has 0 N–H and O–H groups in total. The van der Waals surface area contributed by atoms with Crippen LogP contribution in [0.1, 0.15) is 21.5 Å². The van der Waals surface area contributed by atoms with Gasteiger partial charge in [-0.25, -0.2) is 9.78 Å². The number of carbonyl (C=O) groups excluding carboxylic acids is 1. The minimum absolute atomic E-state index is 0.0316. The Kier molecular flexibility index (Phi) is 4.99. The van der Waals surface area contributed by atoms with Gasteiger partial charge in [0.1, 0.15) is 0 Å². The summed E-state index contributed by atoms with van der Waals surface area (Å²) in [7, 11) is 1.29. The number of aromatic nitrogens is 1. The minimum atomic E-state index is -4.54. The Balaban J connectivity index is 1.63. The molecule has 0 atom stereocenters. The number of halogens is 3. The number of carbonyl (C=O) groups is 1. The van der Waals surface area contributed by atoms with E-state index in [0.717, 1.165) is 11.6 Å². The van der Waals surface area contributed by atoms with Crippen molar-refractivity contribution in [1.29, 1.82) is 0 Å². The summed E-state index contributed by atoms with van der Waals surface area (Å²) in [6.07, 6.45) is -4.54. The molecular weight excluding hydrogens is 407 g/mol. The van der Waals surface area contributed by atoms with E-state index in [2.05, 4.69) is 9.72 Å². The van der Waals surface area contributed by atoms with Gasteiger partial charge in [-0.1, -0.05) is 12.1 Å². The number of ether oxygens (including phenoxy) is 3. The molecule has 0 radical (unpaired) electrons. The third kappa shape index (κ3) is 3.95. The van der Waals surface area contributed by atoms with E-state index in [0.29, 0.717) is 17.1 Å². The number of thioether (sulfide) groups is 1. The molecule has 0 amide bonds. The molecule has 29 heavy (non-hydrogen) atoms. The average molecular weight is 421 g/mol. The first-order valence-corrected chi connectivity index (χ1v) is 9.45. The van der Waals surface area contributed by atoms with Gasteiger partial charge in [0.2, 0.25) is 6.79 Å². The summed E-state index contributed by atoms with van der Waals surface area (Å²) in [6, 6.07) is 10.5. The number of methoxy groups -OCH3 is 1. The Morgan fingerprint density at radius 1 is 1.14 bits per heavy atom. The summed E-state index contributed by atoms with van der Waals surface area (Å²) in [5.74, 6) is 0.588. The second-order valence-electron chi connectivity index (χ2n) is 6.21. The van der Waals surface area contributed by atoms with Crippen LogP contribution >= 0.6 is 11.8 Å². The zero-order valence-corrected chi connectivity index (χ0v) is 15.9. The van der Waals surface area contributed by atoms with Crippen LogP contribution in [-0.4, -0.2) is 24.9 Å². The van der Waals surface area contributed by atoms with Crippen molar-refractivity contribution in [1.82, 2.24) is 4.98 Å². The van der Waals surface area contributed by atoms with Crippen LogP contribution in [0.25, 0.3) is 10.9 Å². The molecule has 3 aromatic rings. The van der Waals surface area contributed by atoms with Crippen LogP contribution in [0.4, 0.5) is 13.2 Å². The molecule has 0 bridgehead atoms. The highest BCUT2D eigenvalue weighted by Gasteiger charge is 2.34. The molecule has 2 aromatic carbocycles. The quantitative estimate of drug-likeness (QED) is 0.434. The van der Waals surface area contributed by atoms with Crippen LogP contribution in [0, 0.1) is 0 Å². The van der Waals surface area contributed by atoms with Gasteiger partial charge in [0, 0.05) is 17.2 Å². The third-order valence-electron chi connectivity index (χ3n) is 4.35. The highest BCUT2D eigenvalue weighted by atomic mass is 32.2. The topological polar surface area (TPSA) is 57.7 Å². The summed E-state index contributed by atoms with van der Waals surface area (Å²) < 4.78 is 55.9. The van der Waals surface area contributed by atoms with Crippen LogP contribution in [0.2, 0.25) is 0 Å². The summed E-state index contributed by atoms with van der Waals surface area (Å²) in [4.78, 5) is 15.8. The second-order valence-corrected chi connectivity index (χ2v) is 7.20. The van der Waals surface area contributed by atoms with Crippen LogP contribution in [-0.2, 0) is 16.7 Å². The molecule has 2 heterocycles. The van der Waals surface area contributed by atoms with Crippen molar-refractivity contribution in [2.75, 3.05) is 13.9 Å². The number of alkyl halides is 3. The van der Waals surface area contributed by atoms with Gasteiger partial charge in [-0.15, -0.1) is 11.8 Å². The molecule has 0 saturated carbocycles. The molecule has 0 aliphatic carbocycles. The first kappa shape index (κ1) is 19.4. The Morgan fingerprint density at radius 3 is 2.48 bits per heavy atom. The molecular formula is C20H14F3NO4S. The highest BCUT2D eigenvalue weighted by molar-refractivity contribution is 7.98. The number of hydrogen-bond donors (Lipinski definition) is 0. The lowest BCUT2D eigenvalue weighted by atomic mass is 10.1. The number of hydrogen-bond acceptors (Lipinski definition) is 6. The summed E-state index contributed by atoms with van der Waals surface area (Å²) in [5, 5.41) is 0.203. The van der Waals surface area contributed by atoms with E-state index < -0.39 is 17.7 Å². The smallest absolute Gasteiger partial charge is 0.417 e. The van der Waals surface area contributed by atoms with E-state index in [1.54, 1.807) is 24.3 Å². The number of nitrogens with zero attached hydrogens (tertiary/aromatic N) is 1. The van der Waals surface area contributed by atoms with Gasteiger partial charge in [-0.05, 0) is 29.8 Å². The van der Waals surface area contributed by atoms with E-state index in [1.165, 1.54) is 31.0 Å². The lowest BCUT2D eigenvalue weighted by Crippen LogP contribution is -2.07. The van der Waals surface area contributed by atoms with E-state index in [9.17, 15) is 18.0 Å². The Labute approximate surface area is 167 Å². The second kappa shape index (κ2) is 7.47. The van der Waals surface area contributed by atoms with Gasteiger partial charge in [-0.2, -0.15) is 13.2 Å². The molecule has 1 aromatic heterocycles.